The molecule has 0 aromatic heterocycles. The van der Waals surface area contributed by atoms with Gasteiger partial charge in [-0.1, -0.05) is 54.6 Å². The summed E-state index contributed by atoms with van der Waals surface area (Å²) in [6.45, 7) is 0.0000487. The van der Waals surface area contributed by atoms with Crippen LogP contribution in [0, 0.1) is 11.3 Å². The zero-order valence-corrected chi connectivity index (χ0v) is 17.1. The first-order chi connectivity index (χ1) is 14.2. The smallest absolute Gasteiger partial charge is 0.325 e. The third-order valence-corrected chi connectivity index (χ3v) is 8.79. The third kappa shape index (κ3) is 4.21. The van der Waals surface area contributed by atoms with Crippen LogP contribution in [0.1, 0.15) is 0 Å². The second-order valence-corrected chi connectivity index (χ2v) is 9.65. The zero-order valence-electron chi connectivity index (χ0n) is 16.2. The predicted molar refractivity (Wildman–Crippen MR) is 119 cm³/mol. The van der Waals surface area contributed by atoms with E-state index in [1.165, 1.54) is 7.11 Å². The summed E-state index contributed by atoms with van der Waals surface area (Å²) in [4.78, 5) is 11.6. The fourth-order valence-electron chi connectivity index (χ4n) is 3.33. The predicted octanol–water partition coefficient (Wildman–Crippen LogP) is 3.11. The number of methoxy groups -OCH3 is 1. The lowest BCUT2D eigenvalue weighted by Gasteiger charge is -2.26. The first-order valence-corrected chi connectivity index (χ1v) is 11.0. The average Bonchev–Trinajstić information content (AvgIpc) is 2.80. The molecule has 3 rings (SSSR count). The van der Waals surface area contributed by atoms with Gasteiger partial charge in [-0.05, 0) is 36.4 Å². The molecule has 3 aromatic rings. The van der Waals surface area contributed by atoms with E-state index >= 15 is 0 Å². The highest BCUT2D eigenvalue weighted by Gasteiger charge is 2.50. The fourth-order valence-corrected chi connectivity index (χ4v) is 7.35. The molecule has 4 nitrogen and oxygen atoms in total. The van der Waals surface area contributed by atoms with E-state index < -0.39 is 7.26 Å². The number of benzene rings is 3. The molecule has 1 N–H and O–H groups in total. The van der Waals surface area contributed by atoms with E-state index in [9.17, 15) is 10.1 Å². The van der Waals surface area contributed by atoms with Crippen LogP contribution < -0.4 is 21.2 Å². The molecule has 0 saturated heterocycles. The van der Waals surface area contributed by atoms with Crippen LogP contribution in [0.15, 0.2) is 103 Å². The monoisotopic (exact) mass is 401 g/mol. The number of nitriles is 1. The van der Waals surface area contributed by atoms with Gasteiger partial charge in [0.15, 0.2) is 7.26 Å². The van der Waals surface area contributed by atoms with Crippen molar-refractivity contribution in [2.24, 2.45) is 0 Å². The Morgan fingerprint density at radius 3 is 1.66 bits per heavy atom. The maximum Gasteiger partial charge on any atom is 0.325 e. The summed E-state index contributed by atoms with van der Waals surface area (Å²) in [5.74, 6) is -0.387. The second kappa shape index (κ2) is 9.68. The van der Waals surface area contributed by atoms with E-state index in [-0.39, 0.29) is 12.5 Å². The van der Waals surface area contributed by atoms with Crippen molar-refractivity contribution in [3.8, 4) is 6.07 Å². The van der Waals surface area contributed by atoms with E-state index in [0.717, 1.165) is 15.9 Å². The molecule has 29 heavy (non-hydrogen) atoms. The SMILES string of the molecule is COC(=O)CN/C=C(\C#N)[P+](c1ccccc1)(c1ccccc1)c1ccccc1. The summed E-state index contributed by atoms with van der Waals surface area (Å²) in [5.41, 5.74) is 0. The molecule has 0 fully saturated rings. The summed E-state index contributed by atoms with van der Waals surface area (Å²) in [6, 6.07) is 32.7. The van der Waals surface area contributed by atoms with Crippen LogP contribution >= 0.6 is 7.26 Å². The van der Waals surface area contributed by atoms with Gasteiger partial charge in [-0.3, -0.25) is 4.79 Å². The van der Waals surface area contributed by atoms with Crippen LogP contribution in [0.25, 0.3) is 0 Å². The molecule has 0 radical (unpaired) electrons. The lowest BCUT2D eigenvalue weighted by atomic mass is 10.4. The molecule has 0 saturated carbocycles. The first-order valence-electron chi connectivity index (χ1n) is 9.20. The van der Waals surface area contributed by atoms with Crippen molar-refractivity contribution in [3.63, 3.8) is 0 Å². The quantitative estimate of drug-likeness (QED) is 0.375. The molecule has 0 aliphatic rings. The van der Waals surface area contributed by atoms with Gasteiger partial charge in [0.2, 0.25) is 5.31 Å². The molecule has 0 amide bonds. The summed E-state index contributed by atoms with van der Waals surface area (Å²) in [7, 11) is -1.11. The molecule has 5 heteroatoms. The van der Waals surface area contributed by atoms with Crippen LogP contribution in [0.3, 0.4) is 0 Å². The largest absolute Gasteiger partial charge is 0.468 e. The van der Waals surface area contributed by atoms with E-state index in [2.05, 4.69) is 47.8 Å². The highest BCUT2D eigenvalue weighted by atomic mass is 31.2. The second-order valence-electron chi connectivity index (χ2n) is 6.28. The summed E-state index contributed by atoms with van der Waals surface area (Å²) in [6.07, 6.45) is 1.66. The van der Waals surface area contributed by atoms with E-state index in [0.29, 0.717) is 5.31 Å². The summed E-state index contributed by atoms with van der Waals surface area (Å²) in [5, 5.41) is 17.0. The number of ether oxygens (including phenoxy) is 1. The molecule has 0 unspecified atom stereocenters. The summed E-state index contributed by atoms with van der Waals surface area (Å²) >= 11 is 0. The Balaban J connectivity index is 2.29. The van der Waals surface area contributed by atoms with Crippen LogP contribution in [0.2, 0.25) is 0 Å². The normalized spacial score (nSPS) is 11.4. The molecular weight excluding hydrogens is 379 g/mol. The molecular formula is C24H22N2O2P+. The number of hydrogen-bond acceptors (Lipinski definition) is 4. The number of allylic oxidation sites excluding steroid dienone is 1. The van der Waals surface area contributed by atoms with Crippen molar-refractivity contribution >= 4 is 29.1 Å². The Hall–Kier alpha value is -3.41. The van der Waals surface area contributed by atoms with Crippen LogP contribution in [0.4, 0.5) is 0 Å². The van der Waals surface area contributed by atoms with Crippen molar-refractivity contribution in [1.29, 1.82) is 5.26 Å². The number of hydrogen-bond donors (Lipinski definition) is 1. The van der Waals surface area contributed by atoms with Gasteiger partial charge in [0.25, 0.3) is 0 Å². The number of rotatable bonds is 7. The molecule has 144 valence electrons. The van der Waals surface area contributed by atoms with Crippen molar-refractivity contribution in [3.05, 3.63) is 103 Å². The molecule has 3 aromatic carbocycles. The maximum absolute atomic E-state index is 11.6. The van der Waals surface area contributed by atoms with Crippen molar-refractivity contribution in [2.45, 2.75) is 0 Å². The van der Waals surface area contributed by atoms with Crippen LogP contribution in [-0.4, -0.2) is 19.6 Å². The van der Waals surface area contributed by atoms with Gasteiger partial charge in [0.1, 0.15) is 28.5 Å². The van der Waals surface area contributed by atoms with Gasteiger partial charge in [-0.15, -0.1) is 0 Å². The highest BCUT2D eigenvalue weighted by molar-refractivity contribution is 7.99. The Bertz CT molecular complexity index is 916. The molecule has 0 aliphatic heterocycles. The average molecular weight is 401 g/mol. The van der Waals surface area contributed by atoms with Crippen molar-refractivity contribution < 1.29 is 9.53 Å². The zero-order chi connectivity index (χ0) is 20.5. The van der Waals surface area contributed by atoms with Gasteiger partial charge in [0.05, 0.1) is 13.3 Å². The number of nitrogens with one attached hydrogen (secondary N) is 1. The fraction of sp³-hybridized carbons (Fsp3) is 0.0833. The Kier molecular flexibility index (Phi) is 6.79. The van der Waals surface area contributed by atoms with E-state index in [4.69, 9.17) is 4.74 Å². The van der Waals surface area contributed by atoms with Crippen LogP contribution in [-0.2, 0) is 9.53 Å². The van der Waals surface area contributed by atoms with E-state index in [1.54, 1.807) is 6.20 Å². The highest BCUT2D eigenvalue weighted by Crippen LogP contribution is 2.61. The minimum atomic E-state index is -2.45. The molecule has 0 spiro atoms. The Morgan fingerprint density at radius 2 is 1.31 bits per heavy atom. The van der Waals surface area contributed by atoms with Gasteiger partial charge in [0, 0.05) is 0 Å². The van der Waals surface area contributed by atoms with Crippen molar-refractivity contribution in [2.75, 3.05) is 13.7 Å². The topological polar surface area (TPSA) is 62.1 Å². The van der Waals surface area contributed by atoms with Gasteiger partial charge >= 0.3 is 5.97 Å². The van der Waals surface area contributed by atoms with Gasteiger partial charge in [-0.25, -0.2) is 0 Å². The molecule has 0 atom stereocenters. The lowest BCUT2D eigenvalue weighted by Crippen LogP contribution is -2.33. The number of carbonyl (C=O) groups excluding carboxylic acids is 1. The minimum Gasteiger partial charge on any atom is -0.468 e. The third-order valence-electron chi connectivity index (χ3n) is 4.62. The summed E-state index contributed by atoms with van der Waals surface area (Å²) < 4.78 is 4.70. The number of carbonyl (C=O) groups is 1. The Labute approximate surface area is 171 Å². The minimum absolute atomic E-state index is 0.0000487. The molecule has 0 heterocycles. The maximum atomic E-state index is 11.6. The first kappa shape index (κ1) is 20.3. The van der Waals surface area contributed by atoms with E-state index in [1.807, 2.05) is 54.6 Å². The van der Waals surface area contributed by atoms with Gasteiger partial charge < -0.3 is 10.1 Å². The standard InChI is InChI=1S/C24H22N2O2P/c1-28-24(27)19-26-18-23(17-25)29(20-11-5-2-6-12-20,21-13-7-3-8-14-21)22-15-9-4-10-16-22/h2-16,18,26H,19H2,1H3/q+1/b23-18+. The number of esters is 1. The number of nitrogens with zero attached hydrogens (tertiary/aromatic N) is 1. The van der Waals surface area contributed by atoms with Gasteiger partial charge in [-0.2, -0.15) is 5.26 Å². The van der Waals surface area contributed by atoms with Crippen molar-refractivity contribution in [1.82, 2.24) is 5.32 Å². The Morgan fingerprint density at radius 1 is 0.897 bits per heavy atom. The lowest BCUT2D eigenvalue weighted by molar-refractivity contribution is -0.139. The van der Waals surface area contributed by atoms with Crippen LogP contribution in [0.5, 0.6) is 0 Å². The molecule has 0 bridgehead atoms. The molecule has 0 aliphatic carbocycles.